The quantitative estimate of drug-likeness (QED) is 0.835. The first-order chi connectivity index (χ1) is 10.8. The van der Waals surface area contributed by atoms with E-state index in [4.69, 9.17) is 4.52 Å². The van der Waals surface area contributed by atoms with Gasteiger partial charge in [-0.2, -0.15) is 4.98 Å². The van der Waals surface area contributed by atoms with Crippen molar-refractivity contribution >= 4 is 15.7 Å². The van der Waals surface area contributed by atoms with E-state index < -0.39 is 27.3 Å². The molecular weight excluding hydrogens is 318 g/mol. The third-order valence-corrected chi connectivity index (χ3v) is 6.48. The maximum absolute atomic E-state index is 12.1. The van der Waals surface area contributed by atoms with E-state index in [0.717, 1.165) is 12.3 Å². The second-order valence-corrected chi connectivity index (χ2v) is 9.03. The number of aromatic nitrogens is 2. The van der Waals surface area contributed by atoms with Gasteiger partial charge in [-0.1, -0.05) is 11.6 Å². The van der Waals surface area contributed by atoms with Gasteiger partial charge < -0.3 is 9.84 Å². The lowest BCUT2D eigenvalue weighted by Gasteiger charge is -2.28. The van der Waals surface area contributed by atoms with E-state index in [9.17, 15) is 13.2 Å². The number of fused-ring (bicyclic) bond motifs is 2. The molecule has 2 fully saturated rings. The summed E-state index contributed by atoms with van der Waals surface area (Å²) < 4.78 is 28.9. The van der Waals surface area contributed by atoms with Gasteiger partial charge in [-0.05, 0) is 50.9 Å². The number of hydrogen-bond acceptors (Lipinski definition) is 6. The zero-order valence-corrected chi connectivity index (χ0v) is 14.3. The Morgan fingerprint density at radius 2 is 2.17 bits per heavy atom. The van der Waals surface area contributed by atoms with Crippen molar-refractivity contribution in [3.63, 3.8) is 0 Å². The summed E-state index contributed by atoms with van der Waals surface area (Å²) in [6.45, 7) is 3.60. The van der Waals surface area contributed by atoms with Gasteiger partial charge in [0.2, 0.25) is 11.8 Å². The minimum Gasteiger partial charge on any atom is -0.352 e. The normalized spacial score (nSPS) is 28.0. The van der Waals surface area contributed by atoms with Crippen molar-refractivity contribution in [2.45, 2.75) is 51.3 Å². The first-order valence-electron chi connectivity index (χ1n) is 8.11. The van der Waals surface area contributed by atoms with Crippen molar-refractivity contribution < 1.29 is 17.7 Å². The predicted octanol–water partition coefficient (Wildman–Crippen LogP) is 1.23. The van der Waals surface area contributed by atoms with Crippen molar-refractivity contribution in [1.29, 1.82) is 0 Å². The van der Waals surface area contributed by atoms with Crippen LogP contribution in [0.4, 0.5) is 0 Å². The van der Waals surface area contributed by atoms with E-state index in [-0.39, 0.29) is 11.9 Å². The standard InChI is InChI=1S/C15H23N3O4S/c1-9(13-6-11-3-4-12(13)5-11)16-14(19)7-23(20,21)8-15-17-10(2)18-22-15/h9,11-13H,3-8H2,1-2H3,(H,16,19)/t9-,11+,12+,13-/m1/s1. The minimum absolute atomic E-state index is 0.0245. The maximum Gasteiger partial charge on any atom is 0.241 e. The highest BCUT2D eigenvalue weighted by Crippen LogP contribution is 2.49. The van der Waals surface area contributed by atoms with Crippen LogP contribution in [0.15, 0.2) is 4.52 Å². The lowest BCUT2D eigenvalue weighted by atomic mass is 9.84. The molecule has 23 heavy (non-hydrogen) atoms. The summed E-state index contributed by atoms with van der Waals surface area (Å²) in [7, 11) is -3.61. The van der Waals surface area contributed by atoms with E-state index >= 15 is 0 Å². The molecule has 1 aromatic rings. The number of nitrogens with one attached hydrogen (secondary N) is 1. The van der Waals surface area contributed by atoms with Gasteiger partial charge in [0.05, 0.1) is 0 Å². The van der Waals surface area contributed by atoms with E-state index in [1.165, 1.54) is 19.3 Å². The molecule has 8 heteroatoms. The van der Waals surface area contributed by atoms with E-state index in [0.29, 0.717) is 17.7 Å². The molecule has 1 amide bonds. The van der Waals surface area contributed by atoms with E-state index in [2.05, 4.69) is 15.5 Å². The molecule has 2 saturated carbocycles. The van der Waals surface area contributed by atoms with Gasteiger partial charge in [0, 0.05) is 6.04 Å². The Hall–Kier alpha value is -1.44. The maximum atomic E-state index is 12.1. The average molecular weight is 341 g/mol. The SMILES string of the molecule is Cc1noc(CS(=O)(=O)CC(=O)N[C@H](C)[C@H]2C[C@H]3CC[C@H]2C3)n1. The first kappa shape index (κ1) is 16.4. The Bertz CT molecular complexity index is 685. The van der Waals surface area contributed by atoms with Gasteiger partial charge >= 0.3 is 0 Å². The van der Waals surface area contributed by atoms with Crippen LogP contribution in [-0.2, 0) is 20.4 Å². The van der Waals surface area contributed by atoms with Crippen LogP contribution >= 0.6 is 0 Å². The van der Waals surface area contributed by atoms with Crippen molar-refractivity contribution in [3.05, 3.63) is 11.7 Å². The minimum atomic E-state index is -3.61. The molecule has 0 saturated heterocycles. The molecule has 0 aromatic carbocycles. The second kappa shape index (κ2) is 6.22. The summed E-state index contributed by atoms with van der Waals surface area (Å²) in [4.78, 5) is 15.9. The summed E-state index contributed by atoms with van der Waals surface area (Å²) in [5.41, 5.74) is 0. The smallest absolute Gasteiger partial charge is 0.241 e. The molecule has 1 aromatic heterocycles. The number of sulfone groups is 1. The molecule has 0 spiro atoms. The molecule has 7 nitrogen and oxygen atoms in total. The third kappa shape index (κ3) is 3.91. The van der Waals surface area contributed by atoms with Gasteiger partial charge in [-0.3, -0.25) is 4.79 Å². The van der Waals surface area contributed by atoms with Crippen LogP contribution in [0.2, 0.25) is 0 Å². The lowest BCUT2D eigenvalue weighted by Crippen LogP contribution is -2.42. The molecule has 0 aliphatic heterocycles. The Labute approximate surface area is 136 Å². The molecule has 128 valence electrons. The third-order valence-electron chi connectivity index (χ3n) is 5.09. The second-order valence-electron chi connectivity index (χ2n) is 6.96. The van der Waals surface area contributed by atoms with Crippen LogP contribution in [0.3, 0.4) is 0 Å². The summed E-state index contributed by atoms with van der Waals surface area (Å²) in [6, 6.07) is 0.0265. The summed E-state index contributed by atoms with van der Waals surface area (Å²) in [6.07, 6.45) is 4.96. The fourth-order valence-corrected chi connectivity index (χ4v) is 5.22. The molecule has 3 rings (SSSR count). The molecule has 4 atom stereocenters. The summed E-state index contributed by atoms with van der Waals surface area (Å²) in [5, 5.41) is 6.42. The number of aryl methyl sites for hydroxylation is 1. The van der Waals surface area contributed by atoms with Gasteiger partial charge in [0.1, 0.15) is 11.5 Å². The van der Waals surface area contributed by atoms with Gasteiger partial charge in [-0.25, -0.2) is 8.42 Å². The molecule has 2 aliphatic carbocycles. The highest BCUT2D eigenvalue weighted by molar-refractivity contribution is 7.91. The lowest BCUT2D eigenvalue weighted by molar-refractivity contribution is -0.119. The van der Waals surface area contributed by atoms with Crippen molar-refractivity contribution in [2.24, 2.45) is 17.8 Å². The number of nitrogens with zero attached hydrogens (tertiary/aromatic N) is 2. The molecule has 2 aliphatic rings. The largest absolute Gasteiger partial charge is 0.352 e. The van der Waals surface area contributed by atoms with E-state index in [1.54, 1.807) is 6.92 Å². The Balaban J connectivity index is 1.52. The molecule has 1 N–H and O–H groups in total. The van der Waals surface area contributed by atoms with E-state index in [1.807, 2.05) is 6.92 Å². The zero-order chi connectivity index (χ0) is 16.6. The summed E-state index contributed by atoms with van der Waals surface area (Å²) >= 11 is 0. The Kier molecular flexibility index (Phi) is 4.44. The van der Waals surface area contributed by atoms with Crippen LogP contribution < -0.4 is 5.32 Å². The molecule has 0 radical (unpaired) electrons. The zero-order valence-electron chi connectivity index (χ0n) is 13.5. The predicted molar refractivity (Wildman–Crippen MR) is 83.1 cm³/mol. The molecule has 1 heterocycles. The van der Waals surface area contributed by atoms with Gasteiger partial charge in [0.25, 0.3) is 0 Å². The fraction of sp³-hybridized carbons (Fsp3) is 0.800. The highest BCUT2D eigenvalue weighted by atomic mass is 32.2. The van der Waals surface area contributed by atoms with Crippen LogP contribution in [0, 0.1) is 24.7 Å². The van der Waals surface area contributed by atoms with Crippen molar-refractivity contribution in [1.82, 2.24) is 15.5 Å². The topological polar surface area (TPSA) is 102 Å². The number of rotatable bonds is 6. The van der Waals surface area contributed by atoms with Crippen LogP contribution in [-0.4, -0.2) is 36.3 Å². The van der Waals surface area contributed by atoms with Crippen molar-refractivity contribution in [2.75, 3.05) is 5.75 Å². The summed E-state index contributed by atoms with van der Waals surface area (Å²) in [5.74, 6) is 0.988. The number of amides is 1. The van der Waals surface area contributed by atoms with Crippen LogP contribution in [0.5, 0.6) is 0 Å². The molecule has 2 bridgehead atoms. The Morgan fingerprint density at radius 1 is 1.39 bits per heavy atom. The number of carbonyl (C=O) groups excluding carboxylic acids is 1. The van der Waals surface area contributed by atoms with Gasteiger partial charge in [0.15, 0.2) is 15.7 Å². The average Bonchev–Trinajstić information content (AvgIpc) is 3.14. The van der Waals surface area contributed by atoms with Gasteiger partial charge in [-0.15, -0.1) is 0 Å². The number of hydrogen-bond donors (Lipinski definition) is 1. The monoisotopic (exact) mass is 341 g/mol. The molecule has 0 unspecified atom stereocenters. The number of carbonyl (C=O) groups is 1. The Morgan fingerprint density at radius 3 is 2.74 bits per heavy atom. The highest BCUT2D eigenvalue weighted by Gasteiger charge is 2.42. The first-order valence-corrected chi connectivity index (χ1v) is 9.93. The van der Waals surface area contributed by atoms with Crippen molar-refractivity contribution in [3.8, 4) is 0 Å². The molecular formula is C15H23N3O4S. The van der Waals surface area contributed by atoms with Crippen LogP contribution in [0.1, 0.15) is 44.3 Å². The fourth-order valence-electron chi connectivity index (χ4n) is 4.15. The van der Waals surface area contributed by atoms with Crippen LogP contribution in [0.25, 0.3) is 0 Å².